The van der Waals surface area contributed by atoms with Crippen LogP contribution in [0.3, 0.4) is 0 Å². The minimum atomic E-state index is -4.40. The molecule has 0 saturated heterocycles. The van der Waals surface area contributed by atoms with Gasteiger partial charge in [0.15, 0.2) is 6.10 Å². The van der Waals surface area contributed by atoms with Gasteiger partial charge in [-0.2, -0.15) is 0 Å². The molecule has 0 heterocycles. The van der Waals surface area contributed by atoms with Crippen molar-refractivity contribution < 1.29 is 42.1 Å². The summed E-state index contributed by atoms with van der Waals surface area (Å²) in [5.41, 5.74) is 0. The van der Waals surface area contributed by atoms with Gasteiger partial charge in [0, 0.05) is 12.8 Å². The van der Waals surface area contributed by atoms with Gasteiger partial charge in [-0.15, -0.1) is 0 Å². The maximum atomic E-state index is 12.9. The quantitative estimate of drug-likeness (QED) is 0.0211. The lowest BCUT2D eigenvalue weighted by Crippen LogP contribution is -2.37. The van der Waals surface area contributed by atoms with Crippen molar-refractivity contribution in [3.05, 3.63) is 72.9 Å². The largest absolute Gasteiger partial charge is 0.472 e. The van der Waals surface area contributed by atoms with Gasteiger partial charge >= 0.3 is 19.8 Å². The Bertz CT molecular complexity index is 1820. The van der Waals surface area contributed by atoms with Crippen LogP contribution < -0.4 is 0 Å². The Kier molecular flexibility index (Phi) is 72.6. The molecule has 0 aliphatic rings. The highest BCUT2D eigenvalue weighted by molar-refractivity contribution is 7.47. The summed E-state index contributed by atoms with van der Waals surface area (Å²) in [4.78, 5) is 36.0. The molecule has 0 fully saturated rings. The van der Waals surface area contributed by atoms with Gasteiger partial charge in [-0.05, 0) is 83.5 Å². The van der Waals surface area contributed by atoms with Gasteiger partial charge in [0.1, 0.15) is 19.8 Å². The lowest BCUT2D eigenvalue weighted by molar-refractivity contribution is -0.870. The summed E-state index contributed by atoms with van der Waals surface area (Å²) in [7, 11) is 1.49. The fraction of sp³-hybridized carbons (Fsp3) is 0.833. The smallest absolute Gasteiger partial charge is 0.462 e. The van der Waals surface area contributed by atoms with Gasteiger partial charge < -0.3 is 18.9 Å². The Morgan fingerprint density at radius 3 is 0.915 bits per heavy atom. The second-order valence-electron chi connectivity index (χ2n) is 28.8. The second kappa shape index (κ2) is 74.7. The maximum absolute atomic E-state index is 12.9. The molecule has 2 atom stereocenters. The summed E-state index contributed by atoms with van der Waals surface area (Å²) in [5.74, 6) is -0.781. The van der Waals surface area contributed by atoms with Crippen molar-refractivity contribution in [2.45, 2.75) is 405 Å². The predicted molar refractivity (Wildman–Crippen MR) is 409 cm³/mol. The van der Waals surface area contributed by atoms with Crippen LogP contribution >= 0.6 is 7.82 Å². The van der Waals surface area contributed by atoms with Gasteiger partial charge in [0.25, 0.3) is 0 Å². The number of carbonyl (C=O) groups excluding carboxylic acids is 2. The Morgan fingerprint density at radius 1 is 0.340 bits per heavy atom. The third-order valence-electron chi connectivity index (χ3n) is 18.2. The molecule has 0 spiro atoms. The first-order valence-corrected chi connectivity index (χ1v) is 42.2. The number of hydrogen-bond donors (Lipinski definition) is 1. The van der Waals surface area contributed by atoms with Crippen molar-refractivity contribution in [2.75, 3.05) is 47.5 Å². The molecule has 0 aromatic rings. The van der Waals surface area contributed by atoms with Crippen LogP contribution in [0.2, 0.25) is 0 Å². The van der Waals surface area contributed by atoms with Crippen molar-refractivity contribution >= 4 is 19.8 Å². The summed E-state index contributed by atoms with van der Waals surface area (Å²) in [6.07, 6.45) is 102. The Balaban J connectivity index is 3.89. The Morgan fingerprint density at radius 2 is 0.606 bits per heavy atom. The van der Waals surface area contributed by atoms with Crippen LogP contribution in [0.1, 0.15) is 399 Å². The number of phosphoric acid groups is 1. The number of allylic oxidation sites excluding steroid dienone is 12. The molecule has 0 aliphatic carbocycles. The number of hydrogen-bond acceptors (Lipinski definition) is 7. The summed E-state index contributed by atoms with van der Waals surface area (Å²) in [6.45, 7) is 4.38. The van der Waals surface area contributed by atoms with Gasteiger partial charge in [0.05, 0.1) is 27.7 Å². The molecule has 0 rings (SSSR count). The van der Waals surface area contributed by atoms with E-state index in [0.29, 0.717) is 23.9 Å². The molecular formula is C84H157NO8P+. The van der Waals surface area contributed by atoms with E-state index in [2.05, 4.69) is 86.8 Å². The number of likely N-dealkylation sites (N-methyl/N-ethyl adjacent to an activating group) is 1. The van der Waals surface area contributed by atoms with Crippen molar-refractivity contribution in [3.63, 3.8) is 0 Å². The summed E-state index contributed by atoms with van der Waals surface area (Å²) in [5, 5.41) is 0. The number of quaternary nitrogens is 1. The van der Waals surface area contributed by atoms with Gasteiger partial charge in [-0.25, -0.2) is 4.57 Å². The third-order valence-corrected chi connectivity index (χ3v) is 19.2. The fourth-order valence-electron chi connectivity index (χ4n) is 12.0. The summed E-state index contributed by atoms with van der Waals surface area (Å²) in [6, 6.07) is 0. The molecule has 10 heteroatoms. The van der Waals surface area contributed by atoms with Crippen molar-refractivity contribution in [1.82, 2.24) is 0 Å². The zero-order chi connectivity index (χ0) is 68.3. The molecule has 550 valence electrons. The van der Waals surface area contributed by atoms with E-state index in [1.54, 1.807) is 0 Å². The zero-order valence-corrected chi connectivity index (χ0v) is 63.9. The highest BCUT2D eigenvalue weighted by atomic mass is 31.2. The molecule has 0 aliphatic heterocycles. The van der Waals surface area contributed by atoms with E-state index in [1.807, 2.05) is 21.1 Å². The molecule has 0 radical (unpaired) electrons. The number of ether oxygens (including phenoxy) is 2. The number of esters is 2. The molecule has 94 heavy (non-hydrogen) atoms. The number of nitrogens with zero attached hydrogens (tertiary/aromatic N) is 1. The first-order chi connectivity index (χ1) is 46.0. The fourth-order valence-corrected chi connectivity index (χ4v) is 12.8. The highest BCUT2D eigenvalue weighted by Gasteiger charge is 2.27. The molecule has 0 bridgehead atoms. The van der Waals surface area contributed by atoms with Crippen LogP contribution in [0.25, 0.3) is 0 Å². The van der Waals surface area contributed by atoms with E-state index in [4.69, 9.17) is 18.5 Å². The van der Waals surface area contributed by atoms with E-state index < -0.39 is 26.5 Å². The van der Waals surface area contributed by atoms with Crippen LogP contribution in [0.5, 0.6) is 0 Å². The van der Waals surface area contributed by atoms with Crippen molar-refractivity contribution in [1.29, 1.82) is 0 Å². The average molecular weight is 1340 g/mol. The molecule has 9 nitrogen and oxygen atoms in total. The molecule has 0 aromatic carbocycles. The van der Waals surface area contributed by atoms with Crippen LogP contribution in [0, 0.1) is 0 Å². The van der Waals surface area contributed by atoms with Crippen LogP contribution in [-0.2, 0) is 32.7 Å². The Labute approximate surface area is 584 Å². The zero-order valence-electron chi connectivity index (χ0n) is 63.0. The van der Waals surface area contributed by atoms with Gasteiger partial charge in [-0.3, -0.25) is 18.6 Å². The number of rotatable bonds is 76. The van der Waals surface area contributed by atoms with E-state index in [1.165, 1.54) is 295 Å². The van der Waals surface area contributed by atoms with Gasteiger partial charge in [0.2, 0.25) is 0 Å². The lowest BCUT2D eigenvalue weighted by atomic mass is 10.0. The maximum Gasteiger partial charge on any atom is 0.472 e. The van der Waals surface area contributed by atoms with E-state index in [0.717, 1.165) is 70.6 Å². The average Bonchev–Trinajstić information content (AvgIpc) is 1.65. The standard InChI is InChI=1S/C84H156NO8P/c1-6-8-10-12-14-16-18-20-22-24-26-28-30-32-34-36-37-38-39-40-41-42-43-44-45-46-47-49-50-52-54-56-58-60-62-64-66-68-70-72-74-76-83(86)90-80-82(81-92-94(88,89)91-79-78-85(3,4)5)93-84(87)77-75-73-71-69-67-65-63-61-59-57-55-53-51-48-35-33-31-29-27-25-23-21-19-17-15-13-11-9-7-2/h9,11,15,17,21,23-24,26-27,29,33,35,82H,6-8,10,12-14,16,18-20,22,25,28,30-32,34,36-81H2,1-5H3/p+1/b11-9-,17-15-,23-21-,26-24-,29-27-,35-33-. The van der Waals surface area contributed by atoms with E-state index in [9.17, 15) is 19.0 Å². The van der Waals surface area contributed by atoms with E-state index in [-0.39, 0.29) is 25.6 Å². The molecule has 1 N–H and O–H groups in total. The van der Waals surface area contributed by atoms with Crippen molar-refractivity contribution in [2.24, 2.45) is 0 Å². The SMILES string of the molecule is CC/C=C\C/C=C\C/C=C\C/C=C\C/C=C\CCCCCCCCCCCCCCCC(=O)OC(COC(=O)CCCCCCCCCCCCCCCCCCCCCCCCCCCCCCC/C=C\CCCCCCCCCC)COP(=O)(O)OCC[N+](C)(C)C. The number of unbranched alkanes of at least 4 members (excludes halogenated alkanes) is 50. The highest BCUT2D eigenvalue weighted by Crippen LogP contribution is 2.43. The third kappa shape index (κ3) is 78.4. The minimum absolute atomic E-state index is 0.0316. The molecular weight excluding hydrogens is 1180 g/mol. The molecule has 0 saturated carbocycles. The minimum Gasteiger partial charge on any atom is -0.462 e. The molecule has 2 unspecified atom stereocenters. The molecule has 0 aromatic heterocycles. The van der Waals surface area contributed by atoms with Crippen LogP contribution in [0.15, 0.2) is 72.9 Å². The summed E-state index contributed by atoms with van der Waals surface area (Å²) < 4.78 is 34.8. The van der Waals surface area contributed by atoms with Crippen molar-refractivity contribution in [3.8, 4) is 0 Å². The normalized spacial score (nSPS) is 13.4. The summed E-state index contributed by atoms with van der Waals surface area (Å²) >= 11 is 0. The molecule has 0 amide bonds. The number of phosphoric ester groups is 1. The lowest BCUT2D eigenvalue weighted by Gasteiger charge is -2.24. The van der Waals surface area contributed by atoms with E-state index >= 15 is 0 Å². The van der Waals surface area contributed by atoms with Crippen LogP contribution in [-0.4, -0.2) is 74.9 Å². The second-order valence-corrected chi connectivity index (χ2v) is 30.2. The monoisotopic (exact) mass is 1340 g/mol. The Hall–Kier alpha value is -2.55. The van der Waals surface area contributed by atoms with Gasteiger partial charge in [-0.1, -0.05) is 376 Å². The topological polar surface area (TPSA) is 108 Å². The predicted octanol–water partition coefficient (Wildman–Crippen LogP) is 27.1. The van der Waals surface area contributed by atoms with Crippen LogP contribution in [0.4, 0.5) is 0 Å². The first-order valence-electron chi connectivity index (χ1n) is 40.7. The first kappa shape index (κ1) is 91.4. The number of carbonyl (C=O) groups is 2.